The molecular weight excluding hydrogens is 238 g/mol. The fourth-order valence-corrected chi connectivity index (χ4v) is 2.86. The van der Waals surface area contributed by atoms with Crippen molar-refractivity contribution in [2.24, 2.45) is 10.1 Å². The van der Waals surface area contributed by atoms with Crippen LogP contribution in [0.15, 0.2) is 4.99 Å². The van der Waals surface area contributed by atoms with Gasteiger partial charge in [-0.25, -0.2) is 13.6 Å². The zero-order valence-corrected chi connectivity index (χ0v) is 10.5. The number of nitrogens with zero attached hydrogens (tertiary/aromatic N) is 2. The molecule has 0 aromatic rings. The molecule has 1 fully saturated rings. The van der Waals surface area contributed by atoms with E-state index in [1.807, 2.05) is 6.21 Å². The van der Waals surface area contributed by atoms with Crippen molar-refractivity contribution >= 4 is 16.2 Å². The van der Waals surface area contributed by atoms with Crippen molar-refractivity contribution in [1.29, 1.82) is 0 Å². The van der Waals surface area contributed by atoms with Crippen LogP contribution in [0.4, 0.5) is 0 Å². The van der Waals surface area contributed by atoms with Crippen molar-refractivity contribution in [2.75, 3.05) is 19.6 Å². The van der Waals surface area contributed by atoms with Crippen LogP contribution in [-0.4, -0.2) is 50.0 Å². The minimum Gasteiger partial charge on any atom is -0.300 e. The lowest BCUT2D eigenvalue weighted by molar-refractivity contribution is 0.176. The second-order valence-electron chi connectivity index (χ2n) is 4.79. The van der Waals surface area contributed by atoms with E-state index >= 15 is 0 Å². The quantitative estimate of drug-likeness (QED) is 0.655. The highest BCUT2D eigenvalue weighted by atomic mass is 32.2. The summed E-state index contributed by atoms with van der Waals surface area (Å²) in [5.74, 6) is 2.62. The first kappa shape index (κ1) is 12.6. The standard InChI is InChI=1S/C11H17N3O2S/c1-2-3-4-11(9-13-11)5-6-14-7-10(8-14)17(12,15)16/h1,9-10H,3-8H2,(H2,12,15,16). The van der Waals surface area contributed by atoms with Crippen LogP contribution < -0.4 is 5.14 Å². The van der Waals surface area contributed by atoms with Crippen molar-refractivity contribution < 1.29 is 8.42 Å². The molecule has 0 aliphatic carbocycles. The van der Waals surface area contributed by atoms with E-state index < -0.39 is 10.0 Å². The summed E-state index contributed by atoms with van der Waals surface area (Å²) < 4.78 is 22.0. The molecule has 0 bridgehead atoms. The smallest absolute Gasteiger partial charge is 0.214 e. The normalized spacial score (nSPS) is 28.7. The van der Waals surface area contributed by atoms with E-state index in [1.54, 1.807) is 0 Å². The molecule has 2 heterocycles. The molecule has 17 heavy (non-hydrogen) atoms. The van der Waals surface area contributed by atoms with Gasteiger partial charge >= 0.3 is 0 Å². The van der Waals surface area contributed by atoms with Crippen LogP contribution in [0.3, 0.4) is 0 Å². The zero-order chi connectivity index (χ0) is 12.5. The van der Waals surface area contributed by atoms with Crippen molar-refractivity contribution in [3.8, 4) is 12.3 Å². The Balaban J connectivity index is 1.67. The molecule has 5 nitrogen and oxygen atoms in total. The van der Waals surface area contributed by atoms with E-state index in [9.17, 15) is 8.42 Å². The topological polar surface area (TPSA) is 75.8 Å². The highest BCUT2D eigenvalue weighted by Gasteiger charge is 2.39. The van der Waals surface area contributed by atoms with Crippen LogP contribution in [0.2, 0.25) is 0 Å². The van der Waals surface area contributed by atoms with Crippen LogP contribution in [0.5, 0.6) is 0 Å². The summed E-state index contributed by atoms with van der Waals surface area (Å²) in [4.78, 5) is 6.37. The number of likely N-dealkylation sites (tertiary alicyclic amines) is 1. The number of hydrogen-bond donors (Lipinski definition) is 1. The molecule has 0 aromatic carbocycles. The van der Waals surface area contributed by atoms with Crippen LogP contribution in [0, 0.1) is 12.3 Å². The fourth-order valence-electron chi connectivity index (χ4n) is 2.03. The number of nitrogens with two attached hydrogens (primary N) is 1. The molecule has 0 amide bonds. The molecule has 1 saturated heterocycles. The van der Waals surface area contributed by atoms with Gasteiger partial charge in [0, 0.05) is 32.3 Å². The Bertz CT molecular complexity index is 452. The molecule has 2 aliphatic heterocycles. The van der Waals surface area contributed by atoms with Crippen molar-refractivity contribution in [3.63, 3.8) is 0 Å². The average Bonchev–Trinajstić information content (AvgIpc) is 2.91. The lowest BCUT2D eigenvalue weighted by Crippen LogP contribution is -2.56. The van der Waals surface area contributed by atoms with Crippen molar-refractivity contribution in [2.45, 2.75) is 30.1 Å². The molecule has 1 unspecified atom stereocenters. The molecule has 0 aromatic heterocycles. The molecular formula is C11H17N3O2S. The first-order valence-corrected chi connectivity index (χ1v) is 7.30. The summed E-state index contributed by atoms with van der Waals surface area (Å²) >= 11 is 0. The highest BCUT2D eigenvalue weighted by Crippen LogP contribution is 2.31. The zero-order valence-electron chi connectivity index (χ0n) is 9.67. The average molecular weight is 255 g/mol. The lowest BCUT2D eigenvalue weighted by atomic mass is 9.97. The molecule has 1 atom stereocenters. The Hall–Kier alpha value is -0.900. The predicted octanol–water partition coefficient (Wildman–Crippen LogP) is -0.414. The second-order valence-corrected chi connectivity index (χ2v) is 6.63. The van der Waals surface area contributed by atoms with Crippen molar-refractivity contribution in [3.05, 3.63) is 0 Å². The largest absolute Gasteiger partial charge is 0.300 e. The lowest BCUT2D eigenvalue weighted by Gasteiger charge is -2.38. The summed E-state index contributed by atoms with van der Waals surface area (Å²) in [6.45, 7) is 1.95. The number of rotatable bonds is 6. The minimum absolute atomic E-state index is 0.0287. The molecule has 2 N–H and O–H groups in total. The van der Waals surface area contributed by atoms with Gasteiger partial charge in [0.05, 0.1) is 5.54 Å². The third-order valence-corrected chi connectivity index (χ3v) is 4.67. The van der Waals surface area contributed by atoms with Gasteiger partial charge in [0.15, 0.2) is 0 Å². The maximum atomic E-state index is 11.0. The van der Waals surface area contributed by atoms with Crippen LogP contribution in [0.25, 0.3) is 0 Å². The number of primary sulfonamides is 1. The maximum Gasteiger partial charge on any atom is 0.214 e. The minimum atomic E-state index is -3.35. The third-order valence-electron chi connectivity index (χ3n) is 3.45. The van der Waals surface area contributed by atoms with E-state index in [1.165, 1.54) is 0 Å². The molecule has 2 rings (SSSR count). The first-order chi connectivity index (χ1) is 7.95. The first-order valence-electron chi connectivity index (χ1n) is 5.69. The molecule has 6 heteroatoms. The van der Waals surface area contributed by atoms with E-state index in [2.05, 4.69) is 15.8 Å². The number of terminal acetylenes is 1. The Kier molecular flexibility index (Phi) is 3.25. The Morgan fingerprint density at radius 2 is 2.18 bits per heavy atom. The number of sulfonamides is 1. The molecule has 94 valence electrons. The second kappa shape index (κ2) is 4.41. The monoisotopic (exact) mass is 255 g/mol. The summed E-state index contributed by atoms with van der Waals surface area (Å²) in [5.41, 5.74) is -0.0287. The summed E-state index contributed by atoms with van der Waals surface area (Å²) in [6, 6.07) is 0. The predicted molar refractivity (Wildman–Crippen MR) is 67.2 cm³/mol. The third kappa shape index (κ3) is 3.06. The van der Waals surface area contributed by atoms with Crippen LogP contribution in [0.1, 0.15) is 19.3 Å². The van der Waals surface area contributed by atoms with Gasteiger partial charge < -0.3 is 4.90 Å². The summed E-state index contributed by atoms with van der Waals surface area (Å²) in [6.07, 6.45) is 9.73. The van der Waals surface area contributed by atoms with E-state index in [0.29, 0.717) is 13.1 Å². The number of hydrogen-bond acceptors (Lipinski definition) is 4. The summed E-state index contributed by atoms with van der Waals surface area (Å²) in [7, 11) is -3.35. The Morgan fingerprint density at radius 3 is 2.65 bits per heavy atom. The molecule has 0 radical (unpaired) electrons. The van der Waals surface area contributed by atoms with E-state index in [-0.39, 0.29) is 10.8 Å². The van der Waals surface area contributed by atoms with Crippen LogP contribution >= 0.6 is 0 Å². The van der Waals surface area contributed by atoms with Gasteiger partial charge in [-0.3, -0.25) is 4.99 Å². The maximum absolute atomic E-state index is 11.0. The molecule has 2 aliphatic rings. The van der Waals surface area contributed by atoms with Gasteiger partial charge in [-0.15, -0.1) is 12.3 Å². The molecule has 0 saturated carbocycles. The SMILES string of the molecule is C#CCCC1(CCN2CC(S(N)(=O)=O)C2)C=N1. The Labute approximate surface area is 102 Å². The molecule has 0 spiro atoms. The van der Waals surface area contributed by atoms with Gasteiger partial charge in [0.1, 0.15) is 5.25 Å². The van der Waals surface area contributed by atoms with Gasteiger partial charge in [0.2, 0.25) is 10.0 Å². The van der Waals surface area contributed by atoms with Crippen molar-refractivity contribution in [1.82, 2.24) is 4.90 Å². The Morgan fingerprint density at radius 1 is 1.53 bits per heavy atom. The van der Waals surface area contributed by atoms with Gasteiger partial charge in [-0.05, 0) is 12.8 Å². The highest BCUT2D eigenvalue weighted by molar-refractivity contribution is 7.89. The van der Waals surface area contributed by atoms with Crippen LogP contribution in [-0.2, 0) is 10.0 Å². The van der Waals surface area contributed by atoms with Gasteiger partial charge in [-0.1, -0.05) is 0 Å². The van der Waals surface area contributed by atoms with Gasteiger partial charge in [0.25, 0.3) is 0 Å². The van der Waals surface area contributed by atoms with E-state index in [0.717, 1.165) is 25.8 Å². The fraction of sp³-hybridized carbons (Fsp3) is 0.727. The van der Waals surface area contributed by atoms with E-state index in [4.69, 9.17) is 11.6 Å². The number of aliphatic imine (C=N–C) groups is 1. The summed E-state index contributed by atoms with van der Waals surface area (Å²) in [5, 5.41) is 4.68. The van der Waals surface area contributed by atoms with Gasteiger partial charge in [-0.2, -0.15) is 0 Å².